The first-order valence-electron chi connectivity index (χ1n) is 13.2. The van der Waals surface area contributed by atoms with E-state index >= 15 is 0 Å². The zero-order valence-electron chi connectivity index (χ0n) is 21.6. The number of likely N-dealkylation sites (tertiary alicyclic amines) is 1. The molecule has 0 bridgehead atoms. The fraction of sp³-hybridized carbons (Fsp3) is 0.300. The normalized spacial score (nSPS) is 22.7. The van der Waals surface area contributed by atoms with Gasteiger partial charge in [-0.1, -0.05) is 79.1 Å². The third kappa shape index (κ3) is 4.67. The van der Waals surface area contributed by atoms with Crippen molar-refractivity contribution in [1.82, 2.24) is 9.80 Å². The molecule has 3 aromatic rings. The van der Waals surface area contributed by atoms with E-state index in [1.54, 1.807) is 60.3 Å². The summed E-state index contributed by atoms with van der Waals surface area (Å²) in [4.78, 5) is 31.6. The van der Waals surface area contributed by atoms with Crippen molar-refractivity contribution >= 4 is 39.4 Å². The number of amides is 2. The molecule has 0 N–H and O–H groups in total. The first kappa shape index (κ1) is 25.8. The number of aryl methyl sites for hydroxylation is 1. The van der Waals surface area contributed by atoms with Gasteiger partial charge >= 0.3 is 0 Å². The van der Waals surface area contributed by atoms with Crippen LogP contribution in [0.4, 0.5) is 0 Å². The monoisotopic (exact) mass is 559 g/mol. The minimum atomic E-state index is -4.08. The van der Waals surface area contributed by atoms with Crippen LogP contribution in [-0.4, -0.2) is 53.3 Å². The predicted molar refractivity (Wildman–Crippen MR) is 151 cm³/mol. The van der Waals surface area contributed by atoms with Crippen LogP contribution in [0.5, 0.6) is 0 Å². The SMILES string of the molecule is Cc1ccc(S(=O)(=O)/N=C2/[C@H](N3C(=O)c4ccccc4C3=O)[C@@H](Sc3ccccc3)N2C2CCCCC2)cc1. The highest BCUT2D eigenvalue weighted by Gasteiger charge is 2.57. The Balaban J connectivity index is 1.47. The Morgan fingerprint density at radius 2 is 1.38 bits per heavy atom. The third-order valence-electron chi connectivity index (χ3n) is 7.68. The second-order valence-corrected chi connectivity index (χ2v) is 13.0. The highest BCUT2D eigenvalue weighted by Crippen LogP contribution is 2.45. The molecular weight excluding hydrogens is 530 g/mol. The molecule has 6 rings (SSSR count). The molecule has 1 aliphatic carbocycles. The summed E-state index contributed by atoms with van der Waals surface area (Å²) in [6.45, 7) is 1.89. The molecule has 0 aromatic heterocycles. The number of imide groups is 1. The van der Waals surface area contributed by atoms with Crippen molar-refractivity contribution in [3.8, 4) is 0 Å². The topological polar surface area (TPSA) is 87.1 Å². The predicted octanol–water partition coefficient (Wildman–Crippen LogP) is 5.51. The lowest BCUT2D eigenvalue weighted by atomic mass is 9.90. The van der Waals surface area contributed by atoms with Gasteiger partial charge in [0.05, 0.1) is 16.0 Å². The number of sulfonamides is 1. The van der Waals surface area contributed by atoms with Gasteiger partial charge < -0.3 is 4.90 Å². The van der Waals surface area contributed by atoms with Crippen LogP contribution in [0, 0.1) is 6.92 Å². The Morgan fingerprint density at radius 3 is 2.00 bits per heavy atom. The summed E-state index contributed by atoms with van der Waals surface area (Å²) in [7, 11) is -4.08. The van der Waals surface area contributed by atoms with Crippen molar-refractivity contribution in [2.45, 2.75) is 66.3 Å². The third-order valence-corrected chi connectivity index (χ3v) is 10.2. The minimum Gasteiger partial charge on any atom is -0.340 e. The number of rotatable bonds is 6. The molecule has 39 heavy (non-hydrogen) atoms. The summed E-state index contributed by atoms with van der Waals surface area (Å²) in [5.74, 6) is -0.559. The molecule has 0 spiro atoms. The number of carbonyl (C=O) groups excluding carboxylic acids is 2. The van der Waals surface area contributed by atoms with E-state index in [0.717, 1.165) is 42.6 Å². The molecule has 2 aliphatic heterocycles. The Bertz CT molecular complexity index is 1510. The van der Waals surface area contributed by atoms with Crippen LogP contribution in [-0.2, 0) is 10.0 Å². The number of carbonyl (C=O) groups is 2. The Morgan fingerprint density at radius 1 is 0.795 bits per heavy atom. The van der Waals surface area contributed by atoms with Gasteiger partial charge in [0.15, 0.2) is 0 Å². The molecule has 2 fully saturated rings. The van der Waals surface area contributed by atoms with Crippen LogP contribution < -0.4 is 0 Å². The van der Waals surface area contributed by atoms with Crippen LogP contribution >= 0.6 is 11.8 Å². The Labute approximate surface area is 233 Å². The molecule has 200 valence electrons. The molecule has 9 heteroatoms. The molecule has 3 aromatic carbocycles. The van der Waals surface area contributed by atoms with Gasteiger partial charge in [-0.05, 0) is 56.2 Å². The quantitative estimate of drug-likeness (QED) is 0.370. The van der Waals surface area contributed by atoms with Crippen LogP contribution in [0.1, 0.15) is 58.4 Å². The van der Waals surface area contributed by atoms with Gasteiger partial charge in [0.1, 0.15) is 17.3 Å². The highest BCUT2D eigenvalue weighted by atomic mass is 32.2. The molecular formula is C30H29N3O4S2. The Kier molecular flexibility index (Phi) is 6.81. The number of nitrogens with zero attached hydrogens (tertiary/aromatic N) is 3. The number of thioether (sulfide) groups is 1. The van der Waals surface area contributed by atoms with Gasteiger partial charge in [0, 0.05) is 10.9 Å². The van der Waals surface area contributed by atoms with Crippen molar-refractivity contribution in [3.63, 3.8) is 0 Å². The maximum absolute atomic E-state index is 13.6. The summed E-state index contributed by atoms with van der Waals surface area (Å²) >= 11 is 1.54. The highest BCUT2D eigenvalue weighted by molar-refractivity contribution is 8.00. The van der Waals surface area contributed by atoms with Crippen molar-refractivity contribution < 1.29 is 18.0 Å². The van der Waals surface area contributed by atoms with Crippen LogP contribution in [0.2, 0.25) is 0 Å². The molecule has 0 radical (unpaired) electrons. The first-order chi connectivity index (χ1) is 18.8. The van der Waals surface area contributed by atoms with Crippen molar-refractivity contribution in [2.24, 2.45) is 4.40 Å². The number of hydrogen-bond acceptors (Lipinski definition) is 5. The molecule has 3 aliphatic rings. The molecule has 1 saturated heterocycles. The average Bonchev–Trinajstić information content (AvgIpc) is 3.19. The summed E-state index contributed by atoms with van der Waals surface area (Å²) < 4.78 is 31.5. The molecule has 2 heterocycles. The second kappa shape index (κ2) is 10.3. The van der Waals surface area contributed by atoms with E-state index in [0.29, 0.717) is 11.1 Å². The number of benzene rings is 3. The van der Waals surface area contributed by atoms with Gasteiger partial charge in [-0.15, -0.1) is 4.40 Å². The van der Waals surface area contributed by atoms with E-state index in [1.807, 2.05) is 37.3 Å². The van der Waals surface area contributed by atoms with Crippen LogP contribution in [0.3, 0.4) is 0 Å². The fourth-order valence-electron chi connectivity index (χ4n) is 5.69. The number of hydrogen-bond donors (Lipinski definition) is 0. The second-order valence-electron chi connectivity index (χ2n) is 10.2. The summed E-state index contributed by atoms with van der Waals surface area (Å²) in [6.07, 6.45) is 5.03. The lowest BCUT2D eigenvalue weighted by molar-refractivity contribution is 0.0489. The number of fused-ring (bicyclic) bond motifs is 1. The fourth-order valence-corrected chi connectivity index (χ4v) is 8.08. The average molecular weight is 560 g/mol. The maximum atomic E-state index is 13.6. The van der Waals surface area contributed by atoms with Gasteiger partial charge in [0.2, 0.25) is 0 Å². The zero-order valence-corrected chi connectivity index (χ0v) is 23.2. The maximum Gasteiger partial charge on any atom is 0.284 e. The van der Waals surface area contributed by atoms with E-state index < -0.39 is 27.9 Å². The standard InChI is InChI=1S/C30H29N3O4S2/c1-20-16-18-23(19-17-20)39(36,37)31-27-26(33-28(34)24-14-8-9-15-25(24)29(33)35)30(38-22-12-6-3-7-13-22)32(27)21-10-4-2-5-11-21/h3,6-9,12-19,21,26,30H,2,4-5,10-11H2,1H3/b31-27-/t26-,30+/m0/s1. The smallest absolute Gasteiger partial charge is 0.284 e. The largest absolute Gasteiger partial charge is 0.340 e. The van der Waals surface area contributed by atoms with E-state index in [9.17, 15) is 18.0 Å². The van der Waals surface area contributed by atoms with Crippen LogP contribution in [0.15, 0.2) is 93.1 Å². The van der Waals surface area contributed by atoms with E-state index in [1.165, 1.54) is 4.90 Å². The molecule has 2 atom stereocenters. The minimum absolute atomic E-state index is 0.0818. The first-order valence-corrected chi connectivity index (χ1v) is 15.6. The molecule has 7 nitrogen and oxygen atoms in total. The van der Waals surface area contributed by atoms with Gasteiger partial charge in [-0.3, -0.25) is 14.5 Å². The lowest BCUT2D eigenvalue weighted by Crippen LogP contribution is -2.72. The van der Waals surface area contributed by atoms with E-state index in [4.69, 9.17) is 0 Å². The summed E-state index contributed by atoms with van der Waals surface area (Å²) in [6, 6.07) is 22.4. The van der Waals surface area contributed by atoms with Crippen molar-refractivity contribution in [2.75, 3.05) is 0 Å². The van der Waals surface area contributed by atoms with Gasteiger partial charge in [0.25, 0.3) is 21.8 Å². The van der Waals surface area contributed by atoms with Crippen LogP contribution in [0.25, 0.3) is 0 Å². The summed E-state index contributed by atoms with van der Waals surface area (Å²) in [5, 5.41) is -0.357. The van der Waals surface area contributed by atoms with Gasteiger partial charge in [-0.2, -0.15) is 8.42 Å². The van der Waals surface area contributed by atoms with E-state index in [-0.39, 0.29) is 22.1 Å². The summed E-state index contributed by atoms with van der Waals surface area (Å²) in [5.41, 5.74) is 1.61. The molecule has 2 amide bonds. The molecule has 0 unspecified atom stereocenters. The Hall–Kier alpha value is -3.43. The van der Waals surface area contributed by atoms with E-state index in [2.05, 4.69) is 9.30 Å². The van der Waals surface area contributed by atoms with Crippen molar-refractivity contribution in [3.05, 3.63) is 95.6 Å². The number of amidine groups is 1. The van der Waals surface area contributed by atoms with Crippen molar-refractivity contribution in [1.29, 1.82) is 0 Å². The lowest BCUT2D eigenvalue weighted by Gasteiger charge is -2.55. The zero-order chi connectivity index (χ0) is 27.1. The van der Waals surface area contributed by atoms with Gasteiger partial charge in [-0.25, -0.2) is 0 Å². The molecule has 1 saturated carbocycles.